The van der Waals surface area contributed by atoms with E-state index in [0.717, 1.165) is 65.0 Å². The zero-order valence-corrected chi connectivity index (χ0v) is 34.0. The van der Waals surface area contributed by atoms with Gasteiger partial charge in [0.1, 0.15) is 11.5 Å². The van der Waals surface area contributed by atoms with Crippen molar-refractivity contribution in [2.45, 2.75) is 36.7 Å². The number of hydrogen-bond acceptors (Lipinski definition) is 6. The van der Waals surface area contributed by atoms with Crippen molar-refractivity contribution in [1.82, 2.24) is 0 Å². The first-order chi connectivity index (χ1) is 29.0. The lowest BCUT2D eigenvalue weighted by Gasteiger charge is -2.39. The molecule has 0 amide bonds. The fourth-order valence-corrected chi connectivity index (χ4v) is 10.2. The maximum atomic E-state index is 5.72. The molecule has 0 N–H and O–H groups in total. The summed E-state index contributed by atoms with van der Waals surface area (Å²) in [5.41, 5.74) is 14.3. The second-order valence-electron chi connectivity index (χ2n) is 15.7. The van der Waals surface area contributed by atoms with Crippen LogP contribution in [0, 0.1) is 5.92 Å². The Hall–Kier alpha value is -6.50. The van der Waals surface area contributed by atoms with Crippen LogP contribution in [0.2, 0.25) is 0 Å². The summed E-state index contributed by atoms with van der Waals surface area (Å²) in [6.07, 6.45) is 20.9. The average molecular weight is 777 g/mol. The van der Waals surface area contributed by atoms with Crippen molar-refractivity contribution in [2.24, 2.45) is 5.92 Å². The number of anilines is 3. The molecule has 0 radical (unpaired) electrons. The van der Waals surface area contributed by atoms with E-state index in [-0.39, 0.29) is 17.9 Å². The van der Waals surface area contributed by atoms with Gasteiger partial charge >= 0.3 is 0 Å². The van der Waals surface area contributed by atoms with Crippen molar-refractivity contribution in [3.63, 3.8) is 0 Å². The summed E-state index contributed by atoms with van der Waals surface area (Å²) in [5, 5.41) is 0. The minimum absolute atomic E-state index is 0.0569. The molecule has 0 aliphatic heterocycles. The van der Waals surface area contributed by atoms with Crippen LogP contribution < -0.4 is 19.3 Å². The lowest BCUT2D eigenvalue weighted by molar-refractivity contribution is 0.142. The van der Waals surface area contributed by atoms with Crippen LogP contribution in [0.25, 0.3) is 11.1 Å². The molecule has 0 aromatic heterocycles. The molecule has 5 aliphatic carbocycles. The molecule has 5 aromatic rings. The van der Waals surface area contributed by atoms with Gasteiger partial charge in [0.15, 0.2) is 0 Å². The standard InChI is InChI=1S/C53H48N2O4/c1-56-41-23-13-35(14-24-41)54(36-15-25-42(57-2)26-16-36)39-21-31-47-45-9-5-7-11-49(45)53(51(47)33-39)50-12-8-6-10-46(50)48-32-22-40(34-52(48)53)55(37-17-27-43(58-3)28-18-37)38-19-29-44(59-4)30-20-38/h5-19,21-25,27-29,31-34,42,48,52H,20,26,30H2,1-4H3. The summed E-state index contributed by atoms with van der Waals surface area (Å²) >= 11 is 0. The van der Waals surface area contributed by atoms with Crippen molar-refractivity contribution in [2.75, 3.05) is 38.2 Å². The average Bonchev–Trinajstić information content (AvgIpc) is 3.77. The summed E-state index contributed by atoms with van der Waals surface area (Å²) < 4.78 is 22.6. The predicted octanol–water partition coefficient (Wildman–Crippen LogP) is 11.9. The molecule has 0 saturated carbocycles. The maximum Gasteiger partial charge on any atom is 0.119 e. The van der Waals surface area contributed by atoms with Gasteiger partial charge in [-0.15, -0.1) is 0 Å². The summed E-state index contributed by atoms with van der Waals surface area (Å²) in [7, 11) is 6.96. The van der Waals surface area contributed by atoms with Crippen LogP contribution >= 0.6 is 0 Å². The van der Waals surface area contributed by atoms with Crippen molar-refractivity contribution < 1.29 is 18.9 Å². The zero-order chi connectivity index (χ0) is 40.1. The van der Waals surface area contributed by atoms with E-state index in [1.807, 2.05) is 12.1 Å². The molecule has 6 nitrogen and oxygen atoms in total. The van der Waals surface area contributed by atoms with E-state index in [4.69, 9.17) is 18.9 Å². The number of rotatable bonds is 10. The van der Waals surface area contributed by atoms with E-state index in [1.54, 1.807) is 28.4 Å². The Labute approximate surface area is 347 Å². The quantitative estimate of drug-likeness (QED) is 0.141. The first-order valence-corrected chi connectivity index (χ1v) is 20.5. The van der Waals surface area contributed by atoms with E-state index >= 15 is 0 Å². The van der Waals surface area contributed by atoms with Gasteiger partial charge in [-0.1, -0.05) is 78.9 Å². The van der Waals surface area contributed by atoms with Gasteiger partial charge in [-0.3, -0.25) is 0 Å². The molecule has 0 fully saturated rings. The van der Waals surface area contributed by atoms with E-state index in [1.165, 1.54) is 39.1 Å². The van der Waals surface area contributed by atoms with Gasteiger partial charge in [-0.05, 0) is 131 Å². The Morgan fingerprint density at radius 3 is 1.90 bits per heavy atom. The predicted molar refractivity (Wildman–Crippen MR) is 237 cm³/mol. The van der Waals surface area contributed by atoms with Crippen LogP contribution in [0.3, 0.4) is 0 Å². The molecule has 1 spiro atoms. The van der Waals surface area contributed by atoms with Crippen LogP contribution in [0.1, 0.15) is 47.4 Å². The molecule has 10 rings (SSSR count). The van der Waals surface area contributed by atoms with Gasteiger partial charge in [0, 0.05) is 59.5 Å². The molecule has 0 saturated heterocycles. The third-order valence-corrected chi connectivity index (χ3v) is 12.9. The molecular weight excluding hydrogens is 729 g/mol. The normalized spacial score (nSPS) is 21.9. The number of methoxy groups -OCH3 is 4. The van der Waals surface area contributed by atoms with Crippen molar-refractivity contribution in [3.8, 4) is 22.6 Å². The van der Waals surface area contributed by atoms with Gasteiger partial charge < -0.3 is 28.7 Å². The second-order valence-corrected chi connectivity index (χ2v) is 15.7. The van der Waals surface area contributed by atoms with E-state index in [2.05, 4.69) is 162 Å². The van der Waals surface area contributed by atoms with Crippen LogP contribution in [-0.4, -0.2) is 34.5 Å². The van der Waals surface area contributed by atoms with Gasteiger partial charge in [-0.25, -0.2) is 0 Å². The van der Waals surface area contributed by atoms with Crippen molar-refractivity contribution in [3.05, 3.63) is 209 Å². The zero-order valence-electron chi connectivity index (χ0n) is 34.0. The number of hydrogen-bond donors (Lipinski definition) is 0. The third-order valence-electron chi connectivity index (χ3n) is 12.9. The summed E-state index contributed by atoms with van der Waals surface area (Å²) in [5.74, 6) is 2.94. The summed E-state index contributed by atoms with van der Waals surface area (Å²) in [6, 6.07) is 42.2. The molecule has 4 unspecified atom stereocenters. The molecular formula is C53H48N2O4. The lowest BCUT2D eigenvalue weighted by atomic mass is 9.65. The fourth-order valence-electron chi connectivity index (χ4n) is 10.2. The second kappa shape index (κ2) is 15.0. The SMILES string of the molecule is COC1=CC=C(N(C2=CC3C(C=C2)c2ccccc2C32c3ccccc3-c3ccc(N(C4=CCC(OC)C=C4)c4ccc(OC)cc4)cc32)c2ccc(OC)cc2)CC1. The Kier molecular flexibility index (Phi) is 9.37. The monoisotopic (exact) mass is 776 g/mol. The van der Waals surface area contributed by atoms with Gasteiger partial charge in [0.2, 0.25) is 0 Å². The number of benzene rings is 5. The topological polar surface area (TPSA) is 43.4 Å². The highest BCUT2D eigenvalue weighted by Gasteiger charge is 2.57. The Balaban J connectivity index is 1.18. The molecule has 4 atom stereocenters. The van der Waals surface area contributed by atoms with Crippen LogP contribution in [0.5, 0.6) is 11.5 Å². The van der Waals surface area contributed by atoms with E-state index in [9.17, 15) is 0 Å². The largest absolute Gasteiger partial charge is 0.501 e. The highest BCUT2D eigenvalue weighted by atomic mass is 16.5. The molecule has 0 heterocycles. The minimum Gasteiger partial charge on any atom is -0.501 e. The van der Waals surface area contributed by atoms with Crippen LogP contribution in [0.15, 0.2) is 187 Å². The van der Waals surface area contributed by atoms with Gasteiger partial charge in [-0.2, -0.15) is 0 Å². The highest BCUT2D eigenvalue weighted by molar-refractivity contribution is 5.88. The lowest BCUT2D eigenvalue weighted by Crippen LogP contribution is -2.35. The smallest absolute Gasteiger partial charge is 0.119 e. The van der Waals surface area contributed by atoms with Crippen LogP contribution in [0.4, 0.5) is 17.1 Å². The fraction of sp³-hybridized carbons (Fsp3) is 0.208. The number of ether oxygens (including phenoxy) is 4. The first-order valence-electron chi connectivity index (χ1n) is 20.5. The first kappa shape index (κ1) is 36.8. The molecule has 294 valence electrons. The summed E-state index contributed by atoms with van der Waals surface area (Å²) in [6.45, 7) is 0. The number of nitrogens with zero attached hydrogens (tertiary/aromatic N) is 2. The Morgan fingerprint density at radius 2 is 1.24 bits per heavy atom. The van der Waals surface area contributed by atoms with E-state index in [0.29, 0.717) is 0 Å². The van der Waals surface area contributed by atoms with Crippen LogP contribution in [-0.2, 0) is 14.9 Å². The Bertz CT molecular complexity index is 2610. The molecule has 5 aliphatic rings. The molecule has 0 bridgehead atoms. The van der Waals surface area contributed by atoms with Crippen molar-refractivity contribution in [1.29, 1.82) is 0 Å². The number of allylic oxidation sites excluding steroid dienone is 8. The molecule has 6 heteroatoms. The number of fused-ring (bicyclic) bond motifs is 10. The highest BCUT2D eigenvalue weighted by Crippen LogP contribution is 2.66. The molecule has 59 heavy (non-hydrogen) atoms. The van der Waals surface area contributed by atoms with E-state index < -0.39 is 5.41 Å². The summed E-state index contributed by atoms with van der Waals surface area (Å²) in [4.78, 5) is 4.81. The minimum atomic E-state index is -0.446. The Morgan fingerprint density at radius 1 is 0.576 bits per heavy atom. The third kappa shape index (κ3) is 5.96. The maximum absolute atomic E-state index is 5.72. The van der Waals surface area contributed by atoms with Gasteiger partial charge in [0.05, 0.1) is 38.6 Å². The molecule has 5 aromatic carbocycles. The van der Waals surface area contributed by atoms with Gasteiger partial charge in [0.25, 0.3) is 0 Å². The van der Waals surface area contributed by atoms with Crippen molar-refractivity contribution >= 4 is 17.1 Å².